The minimum Gasteiger partial charge on any atom is -0.207 e. The molecule has 0 saturated carbocycles. The van der Waals surface area contributed by atoms with Crippen LogP contribution in [-0.2, 0) is 10.0 Å². The fourth-order valence-electron chi connectivity index (χ4n) is 1.23. The summed E-state index contributed by atoms with van der Waals surface area (Å²) in [6, 6.07) is 5.99. The van der Waals surface area contributed by atoms with E-state index in [-0.39, 0.29) is 4.90 Å². The van der Waals surface area contributed by atoms with Gasteiger partial charge in [-0.2, -0.15) is 13.2 Å². The van der Waals surface area contributed by atoms with Crippen LogP contribution < -0.4 is 0 Å². The van der Waals surface area contributed by atoms with Crippen LogP contribution >= 0.6 is 15.9 Å². The van der Waals surface area contributed by atoms with Gasteiger partial charge < -0.3 is 0 Å². The molecule has 1 aromatic rings. The summed E-state index contributed by atoms with van der Waals surface area (Å²) in [6.45, 7) is -0.604. The number of rotatable bonds is 4. The van der Waals surface area contributed by atoms with Gasteiger partial charge in [-0.1, -0.05) is 12.1 Å². The highest BCUT2D eigenvalue weighted by atomic mass is 79.9. The summed E-state index contributed by atoms with van der Waals surface area (Å²) in [7, 11) is -2.78. The molecular weight excluding hydrogens is 335 g/mol. The second-order valence-corrected chi connectivity index (χ2v) is 6.49. The van der Waals surface area contributed by atoms with E-state index in [0.29, 0.717) is 8.78 Å². The Morgan fingerprint density at radius 3 is 2.33 bits per heavy atom. The highest BCUT2D eigenvalue weighted by Gasteiger charge is 2.30. The molecule has 0 unspecified atom stereocenters. The van der Waals surface area contributed by atoms with Gasteiger partial charge in [0.2, 0.25) is 10.0 Å². The molecule has 1 rings (SSSR count). The van der Waals surface area contributed by atoms with Gasteiger partial charge in [-0.25, -0.2) is 12.7 Å². The molecule has 0 aliphatic rings. The van der Waals surface area contributed by atoms with Crippen molar-refractivity contribution in [1.82, 2.24) is 4.31 Å². The second-order valence-electron chi connectivity index (χ2n) is 3.62. The van der Waals surface area contributed by atoms with E-state index in [2.05, 4.69) is 15.9 Å². The Kier molecular flexibility index (Phi) is 4.79. The number of alkyl halides is 3. The zero-order valence-electron chi connectivity index (χ0n) is 9.41. The molecule has 0 fully saturated rings. The van der Waals surface area contributed by atoms with E-state index in [0.717, 1.165) is 7.05 Å². The van der Waals surface area contributed by atoms with Gasteiger partial charge in [0.1, 0.15) is 0 Å². The third-order valence-electron chi connectivity index (χ3n) is 2.24. The van der Waals surface area contributed by atoms with Gasteiger partial charge in [0, 0.05) is 18.1 Å². The topological polar surface area (TPSA) is 37.4 Å². The van der Waals surface area contributed by atoms with Crippen LogP contribution in [0, 0.1) is 0 Å². The van der Waals surface area contributed by atoms with Gasteiger partial charge in [-0.05, 0) is 28.1 Å². The number of benzene rings is 1. The largest absolute Gasteiger partial charge is 0.390 e. The van der Waals surface area contributed by atoms with Crippen LogP contribution in [0.3, 0.4) is 0 Å². The summed E-state index contributed by atoms with van der Waals surface area (Å²) in [5, 5.41) is 0. The van der Waals surface area contributed by atoms with Crippen LogP contribution in [0.15, 0.2) is 33.6 Å². The fourth-order valence-corrected chi connectivity index (χ4v) is 3.36. The number of nitrogens with zero attached hydrogens (tertiary/aromatic N) is 1. The summed E-state index contributed by atoms with van der Waals surface area (Å²) in [6.07, 6.45) is -5.55. The van der Waals surface area contributed by atoms with Crippen molar-refractivity contribution < 1.29 is 21.6 Å². The number of hydrogen-bond donors (Lipinski definition) is 0. The molecule has 3 nitrogen and oxygen atoms in total. The Labute approximate surface area is 112 Å². The molecular formula is C10H11BrF3NO2S. The molecule has 18 heavy (non-hydrogen) atoms. The zero-order valence-corrected chi connectivity index (χ0v) is 11.8. The van der Waals surface area contributed by atoms with Gasteiger partial charge in [0.25, 0.3) is 0 Å². The summed E-state index contributed by atoms with van der Waals surface area (Å²) >= 11 is 3.06. The van der Waals surface area contributed by atoms with Gasteiger partial charge >= 0.3 is 6.18 Å². The first kappa shape index (κ1) is 15.5. The Bertz CT molecular complexity index is 516. The van der Waals surface area contributed by atoms with Crippen molar-refractivity contribution in [2.24, 2.45) is 0 Å². The maximum absolute atomic E-state index is 12.1. The van der Waals surface area contributed by atoms with Crippen molar-refractivity contribution in [2.45, 2.75) is 17.5 Å². The first-order valence-electron chi connectivity index (χ1n) is 4.92. The number of halogens is 4. The van der Waals surface area contributed by atoms with Gasteiger partial charge in [-0.3, -0.25) is 0 Å². The highest BCUT2D eigenvalue weighted by molar-refractivity contribution is 9.10. The average molecular weight is 346 g/mol. The Morgan fingerprint density at radius 1 is 1.28 bits per heavy atom. The van der Waals surface area contributed by atoms with Crippen molar-refractivity contribution in [3.63, 3.8) is 0 Å². The van der Waals surface area contributed by atoms with Crippen molar-refractivity contribution in [3.8, 4) is 0 Å². The van der Waals surface area contributed by atoms with Gasteiger partial charge in [0.15, 0.2) is 0 Å². The van der Waals surface area contributed by atoms with Crippen LogP contribution in [0.25, 0.3) is 0 Å². The molecule has 0 amide bonds. The van der Waals surface area contributed by atoms with Crippen LogP contribution in [-0.4, -0.2) is 32.5 Å². The van der Waals surface area contributed by atoms with E-state index >= 15 is 0 Å². The number of sulfonamides is 1. The highest BCUT2D eigenvalue weighted by Crippen LogP contribution is 2.26. The first-order chi connectivity index (χ1) is 8.14. The molecule has 0 N–H and O–H groups in total. The molecule has 102 valence electrons. The quantitative estimate of drug-likeness (QED) is 0.841. The molecule has 1 aromatic carbocycles. The monoisotopic (exact) mass is 345 g/mol. The Hall–Kier alpha value is -0.600. The third kappa shape index (κ3) is 3.96. The summed E-state index contributed by atoms with van der Waals surface area (Å²) in [5.74, 6) is 0. The predicted octanol–water partition coefficient (Wildman–Crippen LogP) is 3.02. The van der Waals surface area contributed by atoms with E-state index in [1.54, 1.807) is 6.07 Å². The van der Waals surface area contributed by atoms with Crippen molar-refractivity contribution in [3.05, 3.63) is 28.7 Å². The summed E-state index contributed by atoms with van der Waals surface area (Å²) in [4.78, 5) is -0.0466. The van der Waals surface area contributed by atoms with Crippen molar-refractivity contribution >= 4 is 26.0 Å². The molecule has 0 heterocycles. The predicted molar refractivity (Wildman–Crippen MR) is 64.6 cm³/mol. The average Bonchev–Trinajstić information content (AvgIpc) is 2.25. The Morgan fingerprint density at radius 2 is 1.83 bits per heavy atom. The van der Waals surface area contributed by atoms with Crippen LogP contribution in [0.1, 0.15) is 6.42 Å². The molecule has 0 spiro atoms. The van der Waals surface area contributed by atoms with Crippen LogP contribution in [0.2, 0.25) is 0 Å². The Balaban J connectivity index is 2.91. The second kappa shape index (κ2) is 5.58. The minimum atomic E-state index is -4.38. The molecule has 0 aromatic heterocycles. The molecule has 0 atom stereocenters. The summed E-state index contributed by atoms with van der Waals surface area (Å²) in [5.41, 5.74) is 0. The lowest BCUT2D eigenvalue weighted by atomic mass is 10.4. The third-order valence-corrected chi connectivity index (χ3v) is 5.10. The molecule has 8 heteroatoms. The molecule has 0 aliphatic carbocycles. The zero-order chi connectivity index (χ0) is 14.0. The normalized spacial score (nSPS) is 13.0. The van der Waals surface area contributed by atoms with E-state index in [4.69, 9.17) is 0 Å². The smallest absolute Gasteiger partial charge is 0.207 e. The van der Waals surface area contributed by atoms with Crippen LogP contribution in [0.4, 0.5) is 13.2 Å². The summed E-state index contributed by atoms with van der Waals surface area (Å²) < 4.78 is 61.2. The molecule has 0 radical (unpaired) electrons. The van der Waals surface area contributed by atoms with Crippen LogP contribution in [0.5, 0.6) is 0 Å². The van der Waals surface area contributed by atoms with E-state index in [9.17, 15) is 21.6 Å². The minimum absolute atomic E-state index is 0.0466. The standard InChI is InChI=1S/C10H11BrF3NO2S/c1-15(7-6-10(12,13)14)18(16,17)9-5-3-2-4-8(9)11/h2-5H,6-7H2,1H3. The fraction of sp³-hybridized carbons (Fsp3) is 0.400. The van der Waals surface area contributed by atoms with Gasteiger partial charge in [0.05, 0.1) is 11.3 Å². The lowest BCUT2D eigenvalue weighted by Gasteiger charge is -2.18. The van der Waals surface area contributed by atoms with E-state index < -0.39 is 29.2 Å². The maximum Gasteiger partial charge on any atom is 0.390 e. The van der Waals surface area contributed by atoms with E-state index in [1.807, 2.05) is 0 Å². The van der Waals surface area contributed by atoms with E-state index in [1.165, 1.54) is 18.2 Å². The number of hydrogen-bond acceptors (Lipinski definition) is 2. The van der Waals surface area contributed by atoms with Gasteiger partial charge in [-0.15, -0.1) is 0 Å². The maximum atomic E-state index is 12.1. The lowest BCUT2D eigenvalue weighted by Crippen LogP contribution is -2.30. The first-order valence-corrected chi connectivity index (χ1v) is 7.15. The molecule has 0 aliphatic heterocycles. The van der Waals surface area contributed by atoms with Crippen molar-refractivity contribution in [2.75, 3.05) is 13.6 Å². The SMILES string of the molecule is CN(CCC(F)(F)F)S(=O)(=O)c1ccccc1Br. The molecule has 0 saturated heterocycles. The lowest BCUT2D eigenvalue weighted by molar-refractivity contribution is -0.135. The van der Waals surface area contributed by atoms with Crippen molar-refractivity contribution in [1.29, 1.82) is 0 Å². The molecule has 0 bridgehead atoms.